The van der Waals surface area contributed by atoms with Gasteiger partial charge in [0, 0.05) is 15.1 Å². The summed E-state index contributed by atoms with van der Waals surface area (Å²) in [5.74, 6) is 2.06. The van der Waals surface area contributed by atoms with Gasteiger partial charge in [0.15, 0.2) is 5.16 Å². The number of aromatic nitrogens is 4. The molecule has 0 N–H and O–H groups in total. The monoisotopic (exact) mass is 566 g/mol. The maximum absolute atomic E-state index is 14.0. The average molecular weight is 568 g/mol. The number of ether oxygens (including phenoxy) is 1. The van der Waals surface area contributed by atoms with E-state index in [0.717, 1.165) is 56.3 Å². The normalized spacial score (nSPS) is 13.8. The lowest BCUT2D eigenvalue weighted by molar-refractivity contribution is 0.414. The summed E-state index contributed by atoms with van der Waals surface area (Å²) in [6.07, 6.45) is 5.47. The Labute approximate surface area is 219 Å². The Kier molecular flexibility index (Phi) is 6.16. The molecule has 6 nitrogen and oxygen atoms in total. The van der Waals surface area contributed by atoms with Crippen LogP contribution in [0.3, 0.4) is 0 Å². The van der Waals surface area contributed by atoms with Crippen LogP contribution in [0.15, 0.2) is 63.0 Å². The number of halogens is 1. The molecule has 9 heteroatoms. The summed E-state index contributed by atoms with van der Waals surface area (Å²) in [6, 6.07) is 15.9. The van der Waals surface area contributed by atoms with Crippen LogP contribution in [0, 0.1) is 0 Å². The van der Waals surface area contributed by atoms with Gasteiger partial charge in [-0.15, -0.1) is 21.5 Å². The van der Waals surface area contributed by atoms with Gasteiger partial charge < -0.3 is 4.74 Å². The molecule has 6 rings (SSSR count). The van der Waals surface area contributed by atoms with Crippen molar-refractivity contribution < 1.29 is 4.74 Å². The highest BCUT2D eigenvalue weighted by molar-refractivity contribution is 9.10. The molecule has 0 saturated heterocycles. The van der Waals surface area contributed by atoms with E-state index in [0.29, 0.717) is 5.78 Å². The van der Waals surface area contributed by atoms with Gasteiger partial charge >= 0.3 is 0 Å². The molecule has 0 saturated carbocycles. The van der Waals surface area contributed by atoms with E-state index in [2.05, 4.69) is 42.7 Å². The van der Waals surface area contributed by atoms with Gasteiger partial charge in [0.2, 0.25) is 5.78 Å². The van der Waals surface area contributed by atoms with Crippen LogP contribution in [0.25, 0.3) is 21.7 Å². The second-order valence-electron chi connectivity index (χ2n) is 8.62. The van der Waals surface area contributed by atoms with E-state index in [-0.39, 0.29) is 5.56 Å². The van der Waals surface area contributed by atoms with Crippen LogP contribution in [0.5, 0.6) is 5.75 Å². The molecular weight excluding hydrogens is 544 g/mol. The van der Waals surface area contributed by atoms with Gasteiger partial charge in [-0.1, -0.05) is 46.2 Å². The predicted octanol–water partition coefficient (Wildman–Crippen LogP) is 6.43. The third kappa shape index (κ3) is 4.09. The van der Waals surface area contributed by atoms with E-state index in [9.17, 15) is 4.79 Å². The SMILES string of the molecule is COc1ccc(-n2c(=O)c3c4c(sc3n3c(SCc5ccc(Br)cc5)nnc23)CCCCC4)cc1. The number of hydrogen-bond acceptors (Lipinski definition) is 6. The van der Waals surface area contributed by atoms with Crippen LogP contribution in [0.1, 0.15) is 35.3 Å². The summed E-state index contributed by atoms with van der Waals surface area (Å²) in [5, 5.41) is 10.7. The third-order valence-corrected chi connectivity index (χ3v) is 9.26. The van der Waals surface area contributed by atoms with Crippen LogP contribution >= 0.6 is 39.0 Å². The minimum atomic E-state index is -0.0195. The lowest BCUT2D eigenvalue weighted by atomic mass is 10.1. The molecular formula is C26H23BrN4O2S2. The highest BCUT2D eigenvalue weighted by Gasteiger charge is 2.25. The molecule has 0 spiro atoms. The van der Waals surface area contributed by atoms with Crippen LogP contribution in [0.2, 0.25) is 0 Å². The molecule has 0 bridgehead atoms. The molecule has 0 fully saturated rings. The van der Waals surface area contributed by atoms with Crippen molar-refractivity contribution in [2.24, 2.45) is 0 Å². The van der Waals surface area contributed by atoms with Crippen molar-refractivity contribution in [1.82, 2.24) is 19.2 Å². The van der Waals surface area contributed by atoms with Gasteiger partial charge in [-0.2, -0.15) is 0 Å². The molecule has 0 atom stereocenters. The Hall–Kier alpha value is -2.62. The van der Waals surface area contributed by atoms with Crippen LogP contribution in [-0.2, 0) is 18.6 Å². The van der Waals surface area contributed by atoms with Crippen LogP contribution < -0.4 is 10.3 Å². The topological polar surface area (TPSA) is 61.4 Å². The van der Waals surface area contributed by atoms with E-state index in [4.69, 9.17) is 4.74 Å². The van der Waals surface area contributed by atoms with Gasteiger partial charge in [0.25, 0.3) is 5.56 Å². The molecule has 3 aromatic heterocycles. The first-order chi connectivity index (χ1) is 17.1. The highest BCUT2D eigenvalue weighted by Crippen LogP contribution is 2.36. The summed E-state index contributed by atoms with van der Waals surface area (Å²) in [4.78, 5) is 16.3. The number of methoxy groups -OCH3 is 1. The Morgan fingerprint density at radius 3 is 2.57 bits per heavy atom. The lowest BCUT2D eigenvalue weighted by Gasteiger charge is -2.11. The zero-order chi connectivity index (χ0) is 23.9. The average Bonchev–Trinajstić information content (AvgIpc) is 3.38. The molecule has 35 heavy (non-hydrogen) atoms. The summed E-state index contributed by atoms with van der Waals surface area (Å²) >= 11 is 6.88. The molecule has 1 aliphatic carbocycles. The van der Waals surface area contributed by atoms with E-state index >= 15 is 0 Å². The maximum atomic E-state index is 14.0. The van der Waals surface area contributed by atoms with Crippen molar-refractivity contribution in [2.75, 3.05) is 7.11 Å². The van der Waals surface area contributed by atoms with Crippen molar-refractivity contribution in [3.05, 3.63) is 79.4 Å². The summed E-state index contributed by atoms with van der Waals surface area (Å²) in [5.41, 5.74) is 3.16. The molecule has 5 aromatic rings. The molecule has 0 aliphatic heterocycles. The largest absolute Gasteiger partial charge is 0.497 e. The van der Waals surface area contributed by atoms with E-state index in [1.54, 1.807) is 34.8 Å². The Bertz CT molecular complexity index is 1590. The molecule has 1 aliphatic rings. The number of fused-ring (bicyclic) bond motifs is 5. The van der Waals surface area contributed by atoms with E-state index in [1.807, 2.05) is 36.4 Å². The Morgan fingerprint density at radius 1 is 1.03 bits per heavy atom. The fourth-order valence-corrected chi connectivity index (χ4v) is 7.27. The number of aryl methyl sites for hydroxylation is 2. The first-order valence-corrected chi connectivity index (χ1v) is 14.2. The van der Waals surface area contributed by atoms with Crippen molar-refractivity contribution in [3.63, 3.8) is 0 Å². The summed E-state index contributed by atoms with van der Waals surface area (Å²) in [7, 11) is 1.64. The number of rotatable bonds is 5. The van der Waals surface area contributed by atoms with Crippen molar-refractivity contribution in [3.8, 4) is 11.4 Å². The molecule has 2 aromatic carbocycles. The number of benzene rings is 2. The Balaban J connectivity index is 1.57. The van der Waals surface area contributed by atoms with Crippen molar-refractivity contribution in [1.29, 1.82) is 0 Å². The van der Waals surface area contributed by atoms with Crippen LogP contribution in [-0.4, -0.2) is 26.3 Å². The van der Waals surface area contributed by atoms with Crippen molar-refractivity contribution >= 4 is 55.0 Å². The zero-order valence-corrected chi connectivity index (χ0v) is 22.4. The highest BCUT2D eigenvalue weighted by atomic mass is 79.9. The second-order valence-corrected chi connectivity index (χ2v) is 11.6. The number of nitrogens with zero attached hydrogens (tertiary/aromatic N) is 4. The molecule has 3 heterocycles. The molecule has 0 unspecified atom stereocenters. The van der Waals surface area contributed by atoms with Gasteiger partial charge in [0.05, 0.1) is 18.2 Å². The third-order valence-electron chi connectivity index (χ3n) is 6.45. The zero-order valence-electron chi connectivity index (χ0n) is 19.2. The first kappa shape index (κ1) is 22.8. The standard InChI is InChI=1S/C26H23BrN4O2S2/c1-33-19-13-11-18(12-14-19)30-23(32)22-20-5-3-2-4-6-21(20)35-24(22)31-25(30)28-29-26(31)34-15-16-7-9-17(27)10-8-16/h7-14H,2-6,15H2,1H3. The van der Waals surface area contributed by atoms with Crippen LogP contribution in [0.4, 0.5) is 0 Å². The maximum Gasteiger partial charge on any atom is 0.268 e. The minimum absolute atomic E-state index is 0.0195. The van der Waals surface area contributed by atoms with Gasteiger partial charge in [0.1, 0.15) is 10.6 Å². The fourth-order valence-electron chi connectivity index (χ4n) is 4.68. The van der Waals surface area contributed by atoms with Gasteiger partial charge in [-0.25, -0.2) is 8.97 Å². The second kappa shape index (κ2) is 9.44. The molecule has 0 radical (unpaired) electrons. The van der Waals surface area contributed by atoms with Crippen molar-refractivity contribution in [2.45, 2.75) is 43.0 Å². The van der Waals surface area contributed by atoms with Gasteiger partial charge in [-0.3, -0.25) is 4.79 Å². The molecule has 0 amide bonds. The smallest absolute Gasteiger partial charge is 0.268 e. The number of hydrogen-bond donors (Lipinski definition) is 0. The summed E-state index contributed by atoms with van der Waals surface area (Å²) < 4.78 is 10.2. The number of thiophene rings is 1. The van der Waals surface area contributed by atoms with Gasteiger partial charge in [-0.05, 0) is 73.2 Å². The quantitative estimate of drug-likeness (QED) is 0.181. The van der Waals surface area contributed by atoms with E-state index < -0.39 is 0 Å². The first-order valence-electron chi connectivity index (χ1n) is 11.6. The number of thioether (sulfide) groups is 1. The summed E-state index contributed by atoms with van der Waals surface area (Å²) in [6.45, 7) is 0. The fraction of sp³-hybridized carbons (Fsp3) is 0.269. The molecule has 178 valence electrons. The minimum Gasteiger partial charge on any atom is -0.497 e. The Morgan fingerprint density at radius 2 is 1.80 bits per heavy atom. The predicted molar refractivity (Wildman–Crippen MR) is 145 cm³/mol. The lowest BCUT2D eigenvalue weighted by Crippen LogP contribution is -2.22. The van der Waals surface area contributed by atoms with E-state index in [1.165, 1.54) is 28.8 Å².